The Morgan fingerprint density at radius 3 is 2.00 bits per heavy atom. The first-order chi connectivity index (χ1) is 7.76. The van der Waals surface area contributed by atoms with E-state index in [2.05, 4.69) is 6.07 Å². The maximum Gasteiger partial charge on any atom is 0.287 e. The molecule has 0 aromatic carbocycles. The van der Waals surface area contributed by atoms with E-state index in [0.29, 0.717) is 26.2 Å². The lowest BCUT2D eigenvalue weighted by Crippen LogP contribution is -2.41. The van der Waals surface area contributed by atoms with Crippen LogP contribution >= 0.6 is 11.3 Å². The van der Waals surface area contributed by atoms with Crippen molar-refractivity contribution < 1.29 is 14.2 Å². The smallest absolute Gasteiger partial charge is 0.287 e. The molecule has 1 heterocycles. The van der Waals surface area contributed by atoms with Crippen molar-refractivity contribution in [1.29, 1.82) is 0 Å². The van der Waals surface area contributed by atoms with Gasteiger partial charge in [-0.15, -0.1) is 11.3 Å². The number of ether oxygens (including phenoxy) is 3. The first kappa shape index (κ1) is 13.6. The van der Waals surface area contributed by atoms with Crippen LogP contribution in [0.1, 0.15) is 25.6 Å². The Labute approximate surface area is 101 Å². The monoisotopic (exact) mass is 244 g/mol. The Hall–Kier alpha value is -0.420. The molecular weight excluding hydrogens is 224 g/mol. The minimum Gasteiger partial charge on any atom is -0.327 e. The van der Waals surface area contributed by atoms with Crippen LogP contribution < -0.4 is 0 Å². The Morgan fingerprint density at radius 2 is 1.62 bits per heavy atom. The molecule has 0 unspecified atom stereocenters. The number of hydrogen-bond donors (Lipinski definition) is 0. The highest BCUT2D eigenvalue weighted by molar-refractivity contribution is 7.09. The summed E-state index contributed by atoms with van der Waals surface area (Å²) in [5.74, 6) is -0.914. The maximum atomic E-state index is 5.65. The molecule has 0 aliphatic rings. The van der Waals surface area contributed by atoms with Crippen molar-refractivity contribution in [1.82, 2.24) is 0 Å². The molecule has 0 bridgehead atoms. The lowest BCUT2D eigenvalue weighted by atomic mass is 10.3. The van der Waals surface area contributed by atoms with Gasteiger partial charge in [0.1, 0.15) is 0 Å². The molecule has 0 amide bonds. The molecule has 16 heavy (non-hydrogen) atoms. The fourth-order valence-corrected chi connectivity index (χ4v) is 2.31. The Kier molecular flexibility index (Phi) is 5.98. The van der Waals surface area contributed by atoms with Crippen molar-refractivity contribution in [3.63, 3.8) is 0 Å². The second-order valence-electron chi connectivity index (χ2n) is 3.24. The average molecular weight is 244 g/mol. The normalized spacial score (nSPS) is 11.9. The van der Waals surface area contributed by atoms with E-state index in [0.717, 1.165) is 0 Å². The molecule has 0 aliphatic carbocycles. The summed E-state index contributed by atoms with van der Waals surface area (Å²) in [4.78, 5) is 1.20. The second kappa shape index (κ2) is 7.01. The van der Waals surface area contributed by atoms with Gasteiger partial charge in [-0.2, -0.15) is 0 Å². The van der Waals surface area contributed by atoms with Crippen LogP contribution in [0.4, 0.5) is 0 Å². The first-order valence-corrected chi connectivity index (χ1v) is 6.58. The van der Waals surface area contributed by atoms with E-state index in [1.54, 1.807) is 11.3 Å². The molecule has 1 aromatic rings. The van der Waals surface area contributed by atoms with Gasteiger partial charge < -0.3 is 14.2 Å². The zero-order chi connectivity index (χ0) is 11.9. The Balaban J connectivity index is 2.73. The molecule has 0 saturated carbocycles. The average Bonchev–Trinajstić information content (AvgIpc) is 2.71. The topological polar surface area (TPSA) is 27.7 Å². The fraction of sp³-hybridized carbons (Fsp3) is 0.667. The SMILES string of the molecule is CCOC(Cc1cccs1)(OCC)OCC. The van der Waals surface area contributed by atoms with E-state index in [-0.39, 0.29) is 0 Å². The van der Waals surface area contributed by atoms with Crippen LogP contribution in [0.25, 0.3) is 0 Å². The van der Waals surface area contributed by atoms with Gasteiger partial charge in [0.2, 0.25) is 0 Å². The fourth-order valence-electron chi connectivity index (χ4n) is 1.56. The van der Waals surface area contributed by atoms with Crippen molar-refractivity contribution in [2.75, 3.05) is 19.8 Å². The molecule has 0 spiro atoms. The number of thiophene rings is 1. The van der Waals surface area contributed by atoms with Crippen molar-refractivity contribution in [3.8, 4) is 0 Å². The summed E-state index contributed by atoms with van der Waals surface area (Å²) < 4.78 is 16.9. The van der Waals surface area contributed by atoms with E-state index in [9.17, 15) is 0 Å². The molecule has 0 atom stereocenters. The first-order valence-electron chi connectivity index (χ1n) is 5.70. The molecule has 0 fully saturated rings. The lowest BCUT2D eigenvalue weighted by Gasteiger charge is -2.31. The molecule has 4 heteroatoms. The molecule has 92 valence electrons. The minimum atomic E-state index is -0.914. The van der Waals surface area contributed by atoms with E-state index in [1.165, 1.54) is 4.88 Å². The predicted molar refractivity (Wildman–Crippen MR) is 65.6 cm³/mol. The van der Waals surface area contributed by atoms with Crippen molar-refractivity contribution in [2.45, 2.75) is 33.2 Å². The molecule has 1 aromatic heterocycles. The molecule has 0 aliphatic heterocycles. The molecule has 0 saturated heterocycles. The zero-order valence-electron chi connectivity index (χ0n) is 10.2. The summed E-state index contributed by atoms with van der Waals surface area (Å²) in [7, 11) is 0. The van der Waals surface area contributed by atoms with Crippen molar-refractivity contribution in [3.05, 3.63) is 22.4 Å². The van der Waals surface area contributed by atoms with Gasteiger partial charge in [0.15, 0.2) is 0 Å². The predicted octanol–water partition coefficient (Wildman–Crippen LogP) is 3.05. The molecule has 0 N–H and O–H groups in total. The van der Waals surface area contributed by atoms with E-state index < -0.39 is 5.97 Å². The summed E-state index contributed by atoms with van der Waals surface area (Å²) in [6, 6.07) is 4.09. The van der Waals surface area contributed by atoms with Gasteiger partial charge in [0, 0.05) is 24.7 Å². The van der Waals surface area contributed by atoms with Gasteiger partial charge in [0.25, 0.3) is 5.97 Å². The van der Waals surface area contributed by atoms with E-state index in [4.69, 9.17) is 14.2 Å². The highest BCUT2D eigenvalue weighted by atomic mass is 32.1. The zero-order valence-corrected chi connectivity index (χ0v) is 11.0. The van der Waals surface area contributed by atoms with Gasteiger partial charge in [-0.3, -0.25) is 0 Å². The van der Waals surface area contributed by atoms with Gasteiger partial charge in [0.05, 0.1) is 6.42 Å². The van der Waals surface area contributed by atoms with Crippen LogP contribution in [0.3, 0.4) is 0 Å². The van der Waals surface area contributed by atoms with Gasteiger partial charge in [-0.25, -0.2) is 0 Å². The summed E-state index contributed by atoms with van der Waals surface area (Å²) >= 11 is 1.69. The van der Waals surface area contributed by atoms with Gasteiger partial charge >= 0.3 is 0 Å². The quantitative estimate of drug-likeness (QED) is 0.658. The number of hydrogen-bond acceptors (Lipinski definition) is 4. The minimum absolute atomic E-state index is 0.575. The number of rotatable bonds is 8. The van der Waals surface area contributed by atoms with Crippen LogP contribution in [0.5, 0.6) is 0 Å². The van der Waals surface area contributed by atoms with Crippen LogP contribution in [0, 0.1) is 0 Å². The summed E-state index contributed by atoms with van der Waals surface area (Å²) in [5.41, 5.74) is 0. The maximum absolute atomic E-state index is 5.65. The van der Waals surface area contributed by atoms with Crippen LogP contribution in [0.2, 0.25) is 0 Å². The summed E-state index contributed by atoms with van der Waals surface area (Å²) in [6.45, 7) is 7.56. The Morgan fingerprint density at radius 1 is 1.06 bits per heavy atom. The standard InChI is InChI=1S/C12H20O3S/c1-4-13-12(14-5-2,15-6-3)10-11-8-7-9-16-11/h7-9H,4-6,10H2,1-3H3. The third kappa shape index (κ3) is 3.87. The van der Waals surface area contributed by atoms with Crippen LogP contribution in [0.15, 0.2) is 17.5 Å². The van der Waals surface area contributed by atoms with Crippen LogP contribution in [-0.4, -0.2) is 25.8 Å². The molecule has 3 nitrogen and oxygen atoms in total. The largest absolute Gasteiger partial charge is 0.327 e. The summed E-state index contributed by atoms with van der Waals surface area (Å²) in [6.07, 6.45) is 0.639. The second-order valence-corrected chi connectivity index (χ2v) is 4.27. The molecular formula is C12H20O3S. The molecule has 0 radical (unpaired) electrons. The van der Waals surface area contributed by atoms with Crippen LogP contribution in [-0.2, 0) is 20.6 Å². The third-order valence-corrected chi connectivity index (χ3v) is 2.94. The Bertz CT molecular complexity index is 255. The third-order valence-electron chi connectivity index (χ3n) is 2.06. The van der Waals surface area contributed by atoms with Crippen molar-refractivity contribution in [2.24, 2.45) is 0 Å². The van der Waals surface area contributed by atoms with Gasteiger partial charge in [-0.05, 0) is 32.2 Å². The highest BCUT2D eigenvalue weighted by Crippen LogP contribution is 2.24. The van der Waals surface area contributed by atoms with E-state index in [1.807, 2.05) is 32.2 Å². The lowest BCUT2D eigenvalue weighted by molar-refractivity contribution is -0.375. The van der Waals surface area contributed by atoms with E-state index >= 15 is 0 Å². The summed E-state index contributed by atoms with van der Waals surface area (Å²) in [5, 5.41) is 2.05. The van der Waals surface area contributed by atoms with Gasteiger partial charge in [-0.1, -0.05) is 6.07 Å². The molecule has 1 rings (SSSR count). The van der Waals surface area contributed by atoms with Crippen molar-refractivity contribution >= 4 is 11.3 Å². The highest BCUT2D eigenvalue weighted by Gasteiger charge is 2.33.